The normalized spacial score (nSPS) is 22.8. The third kappa shape index (κ3) is 2.75. The highest BCUT2D eigenvalue weighted by atomic mass is 16.7. The van der Waals surface area contributed by atoms with E-state index in [0.29, 0.717) is 25.3 Å². The number of hydrogen-bond acceptors (Lipinski definition) is 4. The summed E-state index contributed by atoms with van der Waals surface area (Å²) in [5, 5.41) is 4.73. The lowest BCUT2D eigenvalue weighted by atomic mass is 9.90. The fourth-order valence-electron chi connectivity index (χ4n) is 4.22. The van der Waals surface area contributed by atoms with Gasteiger partial charge in [0.1, 0.15) is 0 Å². The fourth-order valence-corrected chi connectivity index (χ4v) is 4.22. The van der Waals surface area contributed by atoms with Crippen LogP contribution >= 0.6 is 0 Å². The molecule has 1 amide bonds. The van der Waals surface area contributed by atoms with Crippen molar-refractivity contribution in [2.24, 2.45) is 0 Å². The Kier molecular flexibility index (Phi) is 4.35. The third-order valence-corrected chi connectivity index (χ3v) is 5.45. The molecule has 1 spiro atoms. The number of fused-ring (bicyclic) bond motifs is 1. The smallest absolute Gasteiger partial charge is 0.274 e. The van der Waals surface area contributed by atoms with Crippen molar-refractivity contribution in [3.63, 3.8) is 0 Å². The van der Waals surface area contributed by atoms with Crippen LogP contribution < -0.4 is 0 Å². The first-order chi connectivity index (χ1) is 11.7. The molecular formula is C18H27N3O3. The van der Waals surface area contributed by atoms with Crippen molar-refractivity contribution >= 4 is 5.91 Å². The first-order valence-electron chi connectivity index (χ1n) is 9.38. The van der Waals surface area contributed by atoms with Crippen LogP contribution in [0, 0.1) is 0 Å². The van der Waals surface area contributed by atoms with Crippen LogP contribution in [0.15, 0.2) is 0 Å². The molecule has 3 aliphatic rings. The van der Waals surface area contributed by atoms with E-state index < -0.39 is 5.79 Å². The molecule has 24 heavy (non-hydrogen) atoms. The maximum absolute atomic E-state index is 13.1. The Labute approximate surface area is 143 Å². The lowest BCUT2D eigenvalue weighted by Gasteiger charge is -2.32. The number of hydrogen-bond donors (Lipinski definition) is 0. The molecule has 4 rings (SSSR count). The number of rotatable bonds is 3. The third-order valence-electron chi connectivity index (χ3n) is 5.45. The molecule has 2 fully saturated rings. The van der Waals surface area contributed by atoms with Gasteiger partial charge in [-0.2, -0.15) is 5.10 Å². The summed E-state index contributed by atoms with van der Waals surface area (Å²) in [5.41, 5.74) is 2.91. The summed E-state index contributed by atoms with van der Waals surface area (Å²) in [6.45, 7) is 6.01. The first-order valence-corrected chi connectivity index (χ1v) is 9.38. The number of carbonyl (C=O) groups is 1. The lowest BCUT2D eigenvalue weighted by molar-refractivity contribution is -0.164. The maximum atomic E-state index is 13.1. The number of likely N-dealkylation sites (tertiary alicyclic amines) is 1. The van der Waals surface area contributed by atoms with E-state index in [9.17, 15) is 4.79 Å². The molecule has 3 heterocycles. The van der Waals surface area contributed by atoms with Crippen molar-refractivity contribution in [2.45, 2.75) is 64.2 Å². The molecule has 0 unspecified atom stereocenters. The van der Waals surface area contributed by atoms with Gasteiger partial charge in [0.25, 0.3) is 5.91 Å². The second kappa shape index (κ2) is 6.48. The van der Waals surface area contributed by atoms with E-state index >= 15 is 0 Å². The highest BCUT2D eigenvalue weighted by Crippen LogP contribution is 2.37. The van der Waals surface area contributed by atoms with Crippen LogP contribution in [-0.4, -0.2) is 52.7 Å². The molecule has 132 valence electrons. The summed E-state index contributed by atoms with van der Waals surface area (Å²) >= 11 is 0. The summed E-state index contributed by atoms with van der Waals surface area (Å²) in [7, 11) is 0. The van der Waals surface area contributed by atoms with E-state index in [4.69, 9.17) is 14.6 Å². The number of nitrogens with zero attached hydrogens (tertiary/aromatic N) is 3. The largest absolute Gasteiger partial charge is 0.347 e. The highest BCUT2D eigenvalue weighted by Gasteiger charge is 2.43. The van der Waals surface area contributed by atoms with E-state index in [1.54, 1.807) is 0 Å². The molecule has 0 N–H and O–H groups in total. The molecule has 0 radical (unpaired) electrons. The van der Waals surface area contributed by atoms with E-state index in [1.165, 1.54) is 12.1 Å². The van der Waals surface area contributed by atoms with Gasteiger partial charge >= 0.3 is 0 Å². The molecule has 0 saturated carbocycles. The van der Waals surface area contributed by atoms with Crippen molar-refractivity contribution in [1.82, 2.24) is 14.7 Å². The molecule has 6 heteroatoms. The predicted octanol–water partition coefficient (Wildman–Crippen LogP) is 2.15. The standard InChI is InChI=1S/C18H27N3O3/c1-2-8-21-15-6-7-18(23-11-12-24-18)13-14(15)16(19-21)17(22)20-9-4-3-5-10-20/h2-13H2,1H3. The van der Waals surface area contributed by atoms with E-state index in [-0.39, 0.29) is 5.91 Å². The Morgan fingerprint density at radius 3 is 2.67 bits per heavy atom. The van der Waals surface area contributed by atoms with Gasteiger partial charge in [-0.25, -0.2) is 0 Å². The number of carbonyl (C=O) groups excluding carboxylic acids is 1. The lowest BCUT2D eigenvalue weighted by Crippen LogP contribution is -2.39. The van der Waals surface area contributed by atoms with Crippen LogP contribution in [0.5, 0.6) is 0 Å². The maximum Gasteiger partial charge on any atom is 0.274 e. The van der Waals surface area contributed by atoms with Crippen molar-refractivity contribution < 1.29 is 14.3 Å². The minimum Gasteiger partial charge on any atom is -0.347 e. The quantitative estimate of drug-likeness (QED) is 0.850. The molecule has 1 aliphatic carbocycles. The van der Waals surface area contributed by atoms with E-state index in [1.807, 2.05) is 9.58 Å². The van der Waals surface area contributed by atoms with Gasteiger partial charge in [-0.05, 0) is 32.1 Å². The molecule has 0 atom stereocenters. The number of aromatic nitrogens is 2. The monoisotopic (exact) mass is 333 g/mol. The Bertz CT molecular complexity index is 613. The van der Waals surface area contributed by atoms with Crippen LogP contribution in [-0.2, 0) is 28.9 Å². The Morgan fingerprint density at radius 1 is 1.21 bits per heavy atom. The minimum absolute atomic E-state index is 0.0934. The number of ether oxygens (including phenoxy) is 2. The van der Waals surface area contributed by atoms with Crippen LogP contribution in [0.4, 0.5) is 0 Å². The summed E-state index contributed by atoms with van der Waals surface area (Å²) in [5.74, 6) is -0.430. The molecular weight excluding hydrogens is 306 g/mol. The van der Waals surface area contributed by atoms with Crippen LogP contribution in [0.25, 0.3) is 0 Å². The number of amides is 1. The number of aryl methyl sites for hydroxylation is 1. The van der Waals surface area contributed by atoms with Gasteiger partial charge in [0.05, 0.1) is 13.2 Å². The van der Waals surface area contributed by atoms with Gasteiger partial charge in [-0.1, -0.05) is 6.92 Å². The van der Waals surface area contributed by atoms with E-state index in [0.717, 1.165) is 57.3 Å². The number of piperidine rings is 1. The molecule has 1 aromatic heterocycles. The Morgan fingerprint density at radius 2 is 1.96 bits per heavy atom. The first kappa shape index (κ1) is 16.1. The topological polar surface area (TPSA) is 56.6 Å². The summed E-state index contributed by atoms with van der Waals surface area (Å²) in [4.78, 5) is 15.0. The second-order valence-corrected chi connectivity index (χ2v) is 7.13. The average molecular weight is 333 g/mol. The molecule has 0 aromatic carbocycles. The average Bonchev–Trinajstić information content (AvgIpc) is 3.21. The summed E-state index contributed by atoms with van der Waals surface area (Å²) in [6.07, 6.45) is 6.81. The molecule has 2 saturated heterocycles. The molecule has 6 nitrogen and oxygen atoms in total. The Balaban J connectivity index is 1.67. The second-order valence-electron chi connectivity index (χ2n) is 7.13. The zero-order valence-corrected chi connectivity index (χ0v) is 14.6. The molecule has 2 aliphatic heterocycles. The fraction of sp³-hybridized carbons (Fsp3) is 0.778. The van der Waals surface area contributed by atoms with Crippen LogP contribution in [0.2, 0.25) is 0 Å². The van der Waals surface area contributed by atoms with E-state index in [2.05, 4.69) is 6.92 Å². The van der Waals surface area contributed by atoms with Crippen LogP contribution in [0.3, 0.4) is 0 Å². The van der Waals surface area contributed by atoms with Gasteiger partial charge in [0.2, 0.25) is 0 Å². The summed E-state index contributed by atoms with van der Waals surface area (Å²) in [6, 6.07) is 0. The molecule has 1 aromatic rings. The van der Waals surface area contributed by atoms with Gasteiger partial charge in [0, 0.05) is 43.7 Å². The zero-order valence-electron chi connectivity index (χ0n) is 14.6. The van der Waals surface area contributed by atoms with Crippen LogP contribution in [0.1, 0.15) is 60.8 Å². The zero-order chi connectivity index (χ0) is 16.6. The van der Waals surface area contributed by atoms with Crippen molar-refractivity contribution in [3.05, 3.63) is 17.0 Å². The highest BCUT2D eigenvalue weighted by molar-refractivity contribution is 5.94. The predicted molar refractivity (Wildman–Crippen MR) is 88.9 cm³/mol. The van der Waals surface area contributed by atoms with Gasteiger partial charge in [-0.3, -0.25) is 9.48 Å². The molecule has 0 bridgehead atoms. The van der Waals surface area contributed by atoms with Gasteiger partial charge < -0.3 is 14.4 Å². The Hall–Kier alpha value is -1.40. The summed E-state index contributed by atoms with van der Waals surface area (Å²) < 4.78 is 13.9. The van der Waals surface area contributed by atoms with Crippen molar-refractivity contribution in [1.29, 1.82) is 0 Å². The minimum atomic E-state index is -0.524. The van der Waals surface area contributed by atoms with Crippen molar-refractivity contribution in [3.8, 4) is 0 Å². The van der Waals surface area contributed by atoms with Gasteiger partial charge in [0.15, 0.2) is 11.5 Å². The SMILES string of the molecule is CCCn1nc(C(=O)N2CCCCC2)c2c1CCC1(C2)OCCO1. The van der Waals surface area contributed by atoms with Gasteiger partial charge in [-0.15, -0.1) is 0 Å². The van der Waals surface area contributed by atoms with Crippen molar-refractivity contribution in [2.75, 3.05) is 26.3 Å².